The Hall–Kier alpha value is -2.22. The van der Waals surface area contributed by atoms with Crippen LogP contribution in [0, 0.1) is 10.1 Å². The van der Waals surface area contributed by atoms with Gasteiger partial charge in [-0.1, -0.05) is 13.0 Å². The van der Waals surface area contributed by atoms with Gasteiger partial charge in [-0.05, 0) is 28.4 Å². The lowest BCUT2D eigenvalue weighted by molar-refractivity contribution is -0.385. The number of nitrogens with one attached hydrogen (secondary N) is 1. The van der Waals surface area contributed by atoms with Crippen molar-refractivity contribution >= 4 is 27.6 Å². The number of nitrogens with zero attached hydrogens (tertiary/aromatic N) is 3. The molecule has 0 aliphatic heterocycles. The van der Waals surface area contributed by atoms with Gasteiger partial charge in [0.1, 0.15) is 4.47 Å². The van der Waals surface area contributed by atoms with Crippen molar-refractivity contribution in [3.8, 4) is 11.6 Å². The lowest BCUT2D eigenvalue weighted by Gasteiger charge is -2.08. The molecule has 0 saturated carbocycles. The number of hydrogen-bond acceptors (Lipinski definition) is 6. The summed E-state index contributed by atoms with van der Waals surface area (Å²) in [5.41, 5.74) is -0.0640. The first-order valence-electron chi connectivity index (χ1n) is 6.29. The molecule has 1 aromatic carbocycles. The lowest BCUT2D eigenvalue weighted by Crippen LogP contribution is -2.04. The Morgan fingerprint density at radius 2 is 2.24 bits per heavy atom. The molecule has 1 aromatic heterocycles. The smallest absolute Gasteiger partial charge is 0.287 e. The third-order valence-electron chi connectivity index (χ3n) is 2.52. The molecule has 21 heavy (non-hydrogen) atoms. The standard InChI is InChI=1S/C13H13BrN4O3/c1-2-7-15-13-16-8-6-11(17-13)21-10-5-3-4-9(12(10)14)18(19)20/h3-6,8H,2,7H2,1H3,(H,15,16,17). The van der Waals surface area contributed by atoms with Crippen molar-refractivity contribution in [2.24, 2.45) is 0 Å². The second-order valence-corrected chi connectivity index (χ2v) is 4.89. The first kappa shape index (κ1) is 15.2. The summed E-state index contributed by atoms with van der Waals surface area (Å²) in [5, 5.41) is 13.9. The van der Waals surface area contributed by atoms with Gasteiger partial charge in [-0.3, -0.25) is 10.1 Å². The molecule has 1 heterocycles. The van der Waals surface area contributed by atoms with Gasteiger partial charge in [0.2, 0.25) is 11.8 Å². The minimum atomic E-state index is -0.481. The molecule has 0 bridgehead atoms. The minimum Gasteiger partial charge on any atom is -0.437 e. The summed E-state index contributed by atoms with van der Waals surface area (Å²) in [5.74, 6) is 1.09. The number of nitro groups is 1. The lowest BCUT2D eigenvalue weighted by atomic mass is 10.3. The number of nitro benzene ring substituents is 1. The van der Waals surface area contributed by atoms with Crippen molar-refractivity contribution in [3.05, 3.63) is 45.0 Å². The Labute approximate surface area is 129 Å². The Balaban J connectivity index is 2.22. The number of anilines is 1. The molecular weight excluding hydrogens is 340 g/mol. The highest BCUT2D eigenvalue weighted by molar-refractivity contribution is 9.10. The number of halogens is 1. The fourth-order valence-electron chi connectivity index (χ4n) is 1.55. The Kier molecular flexibility index (Phi) is 5.04. The first-order valence-corrected chi connectivity index (χ1v) is 7.08. The van der Waals surface area contributed by atoms with Crippen LogP contribution in [0.4, 0.5) is 11.6 Å². The SMILES string of the molecule is CCCNc1nccc(Oc2cccc([N+](=O)[O-])c2Br)n1. The van der Waals surface area contributed by atoms with Crippen molar-refractivity contribution < 1.29 is 9.66 Å². The van der Waals surface area contributed by atoms with Crippen molar-refractivity contribution in [2.45, 2.75) is 13.3 Å². The summed E-state index contributed by atoms with van der Waals surface area (Å²) < 4.78 is 5.85. The van der Waals surface area contributed by atoms with Crippen molar-refractivity contribution in [2.75, 3.05) is 11.9 Å². The van der Waals surface area contributed by atoms with Gasteiger partial charge in [-0.25, -0.2) is 4.98 Å². The van der Waals surface area contributed by atoms with Crippen LogP contribution in [0.1, 0.15) is 13.3 Å². The zero-order valence-electron chi connectivity index (χ0n) is 11.2. The average Bonchev–Trinajstić information content (AvgIpc) is 2.47. The maximum absolute atomic E-state index is 10.9. The molecule has 0 aliphatic rings. The second kappa shape index (κ2) is 6.98. The maximum atomic E-state index is 10.9. The molecule has 0 saturated heterocycles. The van der Waals surface area contributed by atoms with Crippen molar-refractivity contribution in [1.29, 1.82) is 0 Å². The van der Waals surface area contributed by atoms with Crippen LogP contribution in [-0.4, -0.2) is 21.4 Å². The van der Waals surface area contributed by atoms with E-state index in [2.05, 4.69) is 31.2 Å². The van der Waals surface area contributed by atoms with E-state index in [0.29, 0.717) is 17.6 Å². The maximum Gasteiger partial charge on any atom is 0.287 e. The van der Waals surface area contributed by atoms with Gasteiger partial charge in [0.15, 0.2) is 5.75 Å². The molecule has 0 atom stereocenters. The van der Waals surface area contributed by atoms with Gasteiger partial charge in [-0.2, -0.15) is 4.98 Å². The summed E-state index contributed by atoms with van der Waals surface area (Å²) in [7, 11) is 0. The minimum absolute atomic E-state index is 0.0640. The molecule has 2 aromatic rings. The van der Waals surface area contributed by atoms with Crippen LogP contribution < -0.4 is 10.1 Å². The van der Waals surface area contributed by atoms with Gasteiger partial charge in [0.25, 0.3) is 5.69 Å². The highest BCUT2D eigenvalue weighted by Gasteiger charge is 2.16. The molecule has 0 unspecified atom stereocenters. The van der Waals surface area contributed by atoms with Gasteiger partial charge >= 0.3 is 0 Å². The summed E-state index contributed by atoms with van der Waals surface area (Å²) in [4.78, 5) is 18.7. The fraction of sp³-hybridized carbons (Fsp3) is 0.231. The van der Waals surface area contributed by atoms with E-state index >= 15 is 0 Å². The normalized spacial score (nSPS) is 10.2. The van der Waals surface area contributed by atoms with Crippen LogP contribution in [0.25, 0.3) is 0 Å². The average molecular weight is 353 g/mol. The van der Waals surface area contributed by atoms with E-state index in [0.717, 1.165) is 13.0 Å². The third-order valence-corrected chi connectivity index (χ3v) is 3.31. The van der Waals surface area contributed by atoms with Crippen molar-refractivity contribution in [3.63, 3.8) is 0 Å². The Morgan fingerprint density at radius 1 is 1.43 bits per heavy atom. The van der Waals surface area contributed by atoms with Crippen LogP contribution in [-0.2, 0) is 0 Å². The molecular formula is C13H13BrN4O3. The van der Waals surface area contributed by atoms with E-state index in [9.17, 15) is 10.1 Å². The Morgan fingerprint density at radius 3 is 2.95 bits per heavy atom. The largest absolute Gasteiger partial charge is 0.437 e. The van der Waals surface area contributed by atoms with Crippen LogP contribution in [0.3, 0.4) is 0 Å². The molecule has 0 spiro atoms. The molecule has 0 radical (unpaired) electrons. The summed E-state index contributed by atoms with van der Waals surface area (Å²) in [6.45, 7) is 2.79. The van der Waals surface area contributed by atoms with Crippen LogP contribution in [0.5, 0.6) is 11.6 Å². The predicted molar refractivity (Wildman–Crippen MR) is 81.7 cm³/mol. The number of ether oxygens (including phenoxy) is 1. The highest BCUT2D eigenvalue weighted by Crippen LogP contribution is 2.35. The zero-order chi connectivity index (χ0) is 15.2. The van der Waals surface area contributed by atoms with Crippen molar-refractivity contribution in [1.82, 2.24) is 9.97 Å². The van der Waals surface area contributed by atoms with E-state index in [1.165, 1.54) is 6.07 Å². The number of hydrogen-bond donors (Lipinski definition) is 1. The zero-order valence-corrected chi connectivity index (χ0v) is 12.8. The number of rotatable bonds is 6. The van der Waals surface area contributed by atoms with Gasteiger partial charge in [-0.15, -0.1) is 0 Å². The topological polar surface area (TPSA) is 90.2 Å². The summed E-state index contributed by atoms with van der Waals surface area (Å²) in [6.07, 6.45) is 2.51. The summed E-state index contributed by atoms with van der Waals surface area (Å²) >= 11 is 3.17. The van der Waals surface area contributed by atoms with E-state index in [1.54, 1.807) is 24.4 Å². The molecule has 1 N–H and O–H groups in total. The van der Waals surface area contributed by atoms with Crippen LogP contribution >= 0.6 is 15.9 Å². The quantitative estimate of drug-likeness (QED) is 0.628. The van der Waals surface area contributed by atoms with Crippen LogP contribution in [0.2, 0.25) is 0 Å². The molecule has 2 rings (SSSR count). The molecule has 7 nitrogen and oxygen atoms in total. The molecule has 8 heteroatoms. The third kappa shape index (κ3) is 3.88. The Bertz CT molecular complexity index is 651. The molecule has 0 fully saturated rings. The molecule has 0 aliphatic carbocycles. The highest BCUT2D eigenvalue weighted by atomic mass is 79.9. The van der Waals surface area contributed by atoms with Gasteiger partial charge in [0.05, 0.1) is 4.92 Å². The fourth-order valence-corrected chi connectivity index (χ4v) is 2.04. The van der Waals surface area contributed by atoms with E-state index in [4.69, 9.17) is 4.74 Å². The van der Waals surface area contributed by atoms with E-state index < -0.39 is 4.92 Å². The molecule has 0 amide bonds. The van der Waals surface area contributed by atoms with E-state index in [1.807, 2.05) is 6.92 Å². The van der Waals surface area contributed by atoms with E-state index in [-0.39, 0.29) is 10.2 Å². The van der Waals surface area contributed by atoms with Gasteiger partial charge in [0, 0.05) is 24.9 Å². The summed E-state index contributed by atoms with van der Waals surface area (Å²) in [6, 6.07) is 6.15. The van der Waals surface area contributed by atoms with Crippen LogP contribution in [0.15, 0.2) is 34.9 Å². The number of aromatic nitrogens is 2. The second-order valence-electron chi connectivity index (χ2n) is 4.09. The first-order chi connectivity index (χ1) is 10.1. The monoisotopic (exact) mass is 352 g/mol. The number of benzene rings is 1. The predicted octanol–water partition coefficient (Wildman–Crippen LogP) is 3.76. The molecule has 110 valence electrons. The van der Waals surface area contributed by atoms with Gasteiger partial charge < -0.3 is 10.1 Å².